The maximum absolute atomic E-state index is 10.3. The zero-order valence-corrected chi connectivity index (χ0v) is 8.08. The summed E-state index contributed by atoms with van der Waals surface area (Å²) in [7, 11) is 0. The molecule has 0 heterocycles. The summed E-state index contributed by atoms with van der Waals surface area (Å²) < 4.78 is 4.72. The third kappa shape index (κ3) is 3.53. The van der Waals surface area contributed by atoms with Crippen molar-refractivity contribution in [2.24, 2.45) is 0 Å². The lowest BCUT2D eigenvalue weighted by Crippen LogP contribution is -1.99. The molecule has 0 aliphatic heterocycles. The van der Waals surface area contributed by atoms with Gasteiger partial charge in [0.2, 0.25) is 0 Å². The third-order valence-corrected chi connectivity index (χ3v) is 1.68. The van der Waals surface area contributed by atoms with Gasteiger partial charge in [-0.1, -0.05) is 30.3 Å². The fraction of sp³-hybridized carbons (Fsp3) is 0.222. The van der Waals surface area contributed by atoms with Gasteiger partial charge in [-0.15, -0.1) is 0 Å². The molecule has 0 unspecified atom stereocenters. The Morgan fingerprint density at radius 3 is 2.58 bits per heavy atom. The first-order valence-corrected chi connectivity index (χ1v) is 4.44. The molecule has 0 saturated carbocycles. The molecule has 0 radical (unpaired) electrons. The van der Waals surface area contributed by atoms with E-state index in [9.17, 15) is 4.79 Å². The Bertz CT molecular complexity index is 246. The predicted octanol–water partition coefficient (Wildman–Crippen LogP) is 2.76. The summed E-state index contributed by atoms with van der Waals surface area (Å²) in [5.74, 6) is 0. The van der Waals surface area contributed by atoms with Crippen LogP contribution in [0.5, 0.6) is 0 Å². The van der Waals surface area contributed by atoms with E-state index in [0.717, 1.165) is 6.42 Å². The molecule has 64 valence electrons. The molecule has 0 atom stereocenters. The van der Waals surface area contributed by atoms with Crippen LogP contribution in [0.25, 0.3) is 0 Å². The number of hydrogen-bond acceptors (Lipinski definition) is 2. The van der Waals surface area contributed by atoms with Crippen molar-refractivity contribution in [1.29, 1.82) is 0 Å². The van der Waals surface area contributed by atoms with Crippen LogP contribution in [0.3, 0.4) is 0 Å². The molecule has 0 aliphatic rings. The van der Waals surface area contributed by atoms with Crippen LogP contribution in [0, 0.1) is 0 Å². The van der Waals surface area contributed by atoms with Crippen LogP contribution >= 0.6 is 15.9 Å². The predicted molar refractivity (Wildman–Crippen MR) is 50.4 cm³/mol. The molecule has 0 spiro atoms. The lowest BCUT2D eigenvalue weighted by Gasteiger charge is -2.00. The Hall–Kier alpha value is -0.830. The fourth-order valence-corrected chi connectivity index (χ4v) is 1.06. The van der Waals surface area contributed by atoms with Gasteiger partial charge in [-0.2, -0.15) is 0 Å². The topological polar surface area (TPSA) is 26.3 Å². The monoisotopic (exact) mass is 228 g/mol. The van der Waals surface area contributed by atoms with Crippen molar-refractivity contribution in [3.05, 3.63) is 35.9 Å². The lowest BCUT2D eigenvalue weighted by molar-refractivity contribution is 0.178. The zero-order valence-electron chi connectivity index (χ0n) is 6.50. The van der Waals surface area contributed by atoms with Crippen molar-refractivity contribution in [2.45, 2.75) is 6.42 Å². The minimum Gasteiger partial charge on any atom is -0.457 e. The smallest absolute Gasteiger partial charge is 0.374 e. The molecule has 0 aliphatic carbocycles. The molecule has 0 N–H and O–H groups in total. The lowest BCUT2D eigenvalue weighted by atomic mass is 10.2. The van der Waals surface area contributed by atoms with Crippen LogP contribution in [0.2, 0.25) is 0 Å². The van der Waals surface area contributed by atoms with Gasteiger partial charge in [0.15, 0.2) is 0 Å². The van der Waals surface area contributed by atoms with Crippen molar-refractivity contribution < 1.29 is 9.53 Å². The standard InChI is InChI=1S/C9H9BrO2/c10-9(11)12-7-6-8-4-2-1-3-5-8/h1-5H,6-7H2. The summed E-state index contributed by atoms with van der Waals surface area (Å²) in [6.07, 6.45) is 0.762. The number of halogens is 1. The van der Waals surface area contributed by atoms with Gasteiger partial charge in [-0.3, -0.25) is 0 Å². The van der Waals surface area contributed by atoms with Crippen LogP contribution in [-0.4, -0.2) is 11.5 Å². The van der Waals surface area contributed by atoms with Crippen molar-refractivity contribution >= 4 is 20.8 Å². The normalized spacial score (nSPS) is 9.42. The molecule has 12 heavy (non-hydrogen) atoms. The average molecular weight is 229 g/mol. The number of rotatable bonds is 3. The first kappa shape index (κ1) is 9.26. The molecule has 1 rings (SSSR count). The highest BCUT2D eigenvalue weighted by Gasteiger charge is 1.95. The van der Waals surface area contributed by atoms with E-state index in [0.29, 0.717) is 6.61 Å². The van der Waals surface area contributed by atoms with Crippen molar-refractivity contribution in [2.75, 3.05) is 6.61 Å². The van der Waals surface area contributed by atoms with Crippen molar-refractivity contribution in [3.8, 4) is 0 Å². The Labute approximate surface area is 79.7 Å². The van der Waals surface area contributed by atoms with Gasteiger partial charge in [-0.05, 0) is 5.56 Å². The maximum atomic E-state index is 10.3. The van der Waals surface area contributed by atoms with Gasteiger partial charge < -0.3 is 4.74 Å². The molecule has 0 saturated heterocycles. The average Bonchev–Trinajstić information content (AvgIpc) is 2.05. The first-order chi connectivity index (χ1) is 5.79. The third-order valence-electron chi connectivity index (χ3n) is 1.45. The van der Waals surface area contributed by atoms with Gasteiger partial charge in [0.25, 0.3) is 0 Å². The van der Waals surface area contributed by atoms with E-state index in [1.54, 1.807) is 0 Å². The molecule has 0 bridgehead atoms. The van der Waals surface area contributed by atoms with E-state index in [-0.39, 0.29) is 0 Å². The molecule has 0 fully saturated rings. The molecular formula is C9H9BrO2. The quantitative estimate of drug-likeness (QED) is 0.745. The minimum absolute atomic E-state index is 0.404. The Balaban J connectivity index is 2.29. The Kier molecular flexibility index (Phi) is 3.80. The molecule has 1 aromatic rings. The van der Waals surface area contributed by atoms with E-state index in [4.69, 9.17) is 4.74 Å². The van der Waals surface area contributed by atoms with Crippen molar-refractivity contribution in [1.82, 2.24) is 0 Å². The SMILES string of the molecule is O=C(Br)OCCc1ccccc1. The Morgan fingerprint density at radius 2 is 2.00 bits per heavy atom. The van der Waals surface area contributed by atoms with Crippen LogP contribution in [0.4, 0.5) is 4.79 Å². The molecule has 1 aromatic carbocycles. The second kappa shape index (κ2) is 4.93. The van der Waals surface area contributed by atoms with Crippen molar-refractivity contribution in [3.63, 3.8) is 0 Å². The maximum Gasteiger partial charge on any atom is 0.374 e. The summed E-state index contributed by atoms with van der Waals surface area (Å²) in [6.45, 7) is 0.425. The highest BCUT2D eigenvalue weighted by molar-refractivity contribution is 9.18. The van der Waals surface area contributed by atoms with Gasteiger partial charge in [0.1, 0.15) is 0 Å². The fourth-order valence-electron chi connectivity index (χ4n) is 0.894. The van der Waals surface area contributed by atoms with Gasteiger partial charge >= 0.3 is 4.88 Å². The van der Waals surface area contributed by atoms with E-state index in [1.165, 1.54) is 5.56 Å². The molecule has 2 nitrogen and oxygen atoms in total. The number of hydrogen-bond donors (Lipinski definition) is 0. The largest absolute Gasteiger partial charge is 0.457 e. The van der Waals surface area contributed by atoms with E-state index in [2.05, 4.69) is 15.9 Å². The summed E-state index contributed by atoms with van der Waals surface area (Å²) in [6, 6.07) is 9.89. The summed E-state index contributed by atoms with van der Waals surface area (Å²) in [4.78, 5) is 9.92. The van der Waals surface area contributed by atoms with Crippen LogP contribution < -0.4 is 0 Å². The Morgan fingerprint density at radius 1 is 1.33 bits per heavy atom. The second-order valence-corrected chi connectivity index (χ2v) is 2.97. The molecule has 0 aromatic heterocycles. The zero-order chi connectivity index (χ0) is 8.81. The highest BCUT2D eigenvalue weighted by Crippen LogP contribution is 2.00. The van der Waals surface area contributed by atoms with Crippen LogP contribution in [0.1, 0.15) is 5.56 Å². The summed E-state index contributed by atoms with van der Waals surface area (Å²) >= 11 is 2.69. The molecule has 3 heteroatoms. The van der Waals surface area contributed by atoms with Gasteiger partial charge in [0, 0.05) is 22.4 Å². The van der Waals surface area contributed by atoms with E-state index >= 15 is 0 Å². The number of ether oxygens (including phenoxy) is 1. The van der Waals surface area contributed by atoms with Gasteiger partial charge in [-0.25, -0.2) is 4.79 Å². The summed E-state index contributed by atoms with van der Waals surface area (Å²) in [5, 5.41) is 0. The summed E-state index contributed by atoms with van der Waals surface area (Å²) in [5.41, 5.74) is 1.17. The van der Waals surface area contributed by atoms with Crippen LogP contribution in [-0.2, 0) is 11.2 Å². The van der Waals surface area contributed by atoms with E-state index in [1.807, 2.05) is 30.3 Å². The number of benzene rings is 1. The van der Waals surface area contributed by atoms with Crippen LogP contribution in [0.15, 0.2) is 30.3 Å². The minimum atomic E-state index is -0.404. The molecular weight excluding hydrogens is 220 g/mol. The van der Waals surface area contributed by atoms with Gasteiger partial charge in [0.05, 0.1) is 6.61 Å². The van der Waals surface area contributed by atoms with E-state index < -0.39 is 4.88 Å². The highest BCUT2D eigenvalue weighted by atomic mass is 79.9. The molecule has 0 amide bonds. The second-order valence-electron chi connectivity index (χ2n) is 2.32. The number of carbonyl (C=O) groups excluding carboxylic acids is 1. The first-order valence-electron chi connectivity index (χ1n) is 3.65. The number of carbonyl (C=O) groups is 1.